The zero-order valence-corrected chi connectivity index (χ0v) is 17.3. The molecule has 0 spiro atoms. The molecule has 1 aliphatic rings. The number of halogens is 1. The molecule has 1 fully saturated rings. The quantitative estimate of drug-likeness (QED) is 0.578. The summed E-state index contributed by atoms with van der Waals surface area (Å²) in [6, 6.07) is 11.4. The first kappa shape index (κ1) is 20.9. The zero-order valence-electron chi connectivity index (χ0n) is 16.5. The van der Waals surface area contributed by atoms with Gasteiger partial charge in [-0.05, 0) is 54.9 Å². The van der Waals surface area contributed by atoms with Gasteiger partial charge in [-0.3, -0.25) is 14.5 Å². The molecule has 0 saturated carbocycles. The summed E-state index contributed by atoms with van der Waals surface area (Å²) >= 11 is 0.838. The Bertz CT molecular complexity index is 960. The Morgan fingerprint density at radius 1 is 1.17 bits per heavy atom. The van der Waals surface area contributed by atoms with Crippen LogP contribution < -0.4 is 9.47 Å². The highest BCUT2D eigenvalue weighted by atomic mass is 32.2. The number of hydrogen-bond donors (Lipinski definition) is 0. The van der Waals surface area contributed by atoms with E-state index in [9.17, 15) is 14.0 Å². The van der Waals surface area contributed by atoms with Gasteiger partial charge in [0.25, 0.3) is 11.1 Å². The Morgan fingerprint density at radius 3 is 2.62 bits per heavy atom. The highest BCUT2D eigenvalue weighted by Gasteiger charge is 2.35. The lowest BCUT2D eigenvalue weighted by molar-refractivity contribution is -0.123. The van der Waals surface area contributed by atoms with E-state index in [4.69, 9.17) is 9.47 Å². The molecule has 0 aliphatic carbocycles. The van der Waals surface area contributed by atoms with Gasteiger partial charge in [0.05, 0.1) is 24.7 Å². The van der Waals surface area contributed by atoms with Gasteiger partial charge in [-0.1, -0.05) is 31.2 Å². The lowest BCUT2D eigenvalue weighted by atomic mass is 10.1. The number of ether oxygens (including phenoxy) is 2. The molecule has 0 N–H and O–H groups in total. The molecule has 1 heterocycles. The number of hydrogen-bond acceptors (Lipinski definition) is 5. The third-order valence-electron chi connectivity index (χ3n) is 4.55. The van der Waals surface area contributed by atoms with Gasteiger partial charge >= 0.3 is 0 Å². The average Bonchev–Trinajstić information content (AvgIpc) is 2.97. The minimum absolute atomic E-state index is 0.0460. The molecule has 2 aromatic rings. The maximum absolute atomic E-state index is 13.9. The fraction of sp³-hybridized carbons (Fsp3) is 0.273. The van der Waals surface area contributed by atoms with Crippen molar-refractivity contribution < 1.29 is 23.5 Å². The van der Waals surface area contributed by atoms with Crippen LogP contribution in [0.3, 0.4) is 0 Å². The summed E-state index contributed by atoms with van der Waals surface area (Å²) in [5.41, 5.74) is 0.999. The van der Waals surface area contributed by atoms with E-state index >= 15 is 0 Å². The van der Waals surface area contributed by atoms with E-state index in [1.165, 1.54) is 6.07 Å². The van der Waals surface area contributed by atoms with Gasteiger partial charge in [0.15, 0.2) is 11.5 Å². The molecule has 5 nitrogen and oxygen atoms in total. The Labute approximate surface area is 173 Å². The SMILES string of the molecule is CC[C@H](C)Oc1ccc(/C=C2/SC(=O)N(Cc3ccccc3F)C2=O)cc1OC. The number of imide groups is 1. The largest absolute Gasteiger partial charge is 0.493 e. The summed E-state index contributed by atoms with van der Waals surface area (Å²) in [4.78, 5) is 26.3. The molecule has 7 heteroatoms. The molecule has 1 atom stereocenters. The van der Waals surface area contributed by atoms with E-state index in [-0.39, 0.29) is 17.6 Å². The van der Waals surface area contributed by atoms with Crippen LogP contribution in [0.4, 0.5) is 9.18 Å². The number of rotatable bonds is 7. The van der Waals surface area contributed by atoms with E-state index in [0.717, 1.165) is 23.1 Å². The van der Waals surface area contributed by atoms with Crippen molar-refractivity contribution in [2.24, 2.45) is 0 Å². The molecule has 29 heavy (non-hydrogen) atoms. The Hall–Kier alpha value is -2.80. The van der Waals surface area contributed by atoms with Crippen LogP contribution in [0.2, 0.25) is 0 Å². The number of thioether (sulfide) groups is 1. The van der Waals surface area contributed by atoms with Crippen LogP contribution in [0.25, 0.3) is 6.08 Å². The monoisotopic (exact) mass is 415 g/mol. The summed E-state index contributed by atoms with van der Waals surface area (Å²) < 4.78 is 25.1. The summed E-state index contributed by atoms with van der Waals surface area (Å²) in [5.74, 6) is 0.274. The van der Waals surface area contributed by atoms with E-state index in [0.29, 0.717) is 22.6 Å². The van der Waals surface area contributed by atoms with Crippen molar-refractivity contribution in [2.45, 2.75) is 32.9 Å². The third kappa shape index (κ3) is 4.79. The molecule has 0 bridgehead atoms. The van der Waals surface area contributed by atoms with Crippen molar-refractivity contribution in [3.8, 4) is 11.5 Å². The second-order valence-corrected chi connectivity index (χ2v) is 7.60. The summed E-state index contributed by atoms with van der Waals surface area (Å²) in [5, 5.41) is -0.423. The lowest BCUT2D eigenvalue weighted by Crippen LogP contribution is -2.27. The van der Waals surface area contributed by atoms with Crippen LogP contribution >= 0.6 is 11.8 Å². The predicted octanol–water partition coefficient (Wildman–Crippen LogP) is 5.25. The summed E-state index contributed by atoms with van der Waals surface area (Å²) in [7, 11) is 1.55. The second kappa shape index (κ2) is 9.13. The topological polar surface area (TPSA) is 55.8 Å². The van der Waals surface area contributed by atoms with E-state index in [1.807, 2.05) is 13.8 Å². The number of benzene rings is 2. The molecule has 152 valence electrons. The van der Waals surface area contributed by atoms with Crippen molar-refractivity contribution >= 4 is 29.0 Å². The van der Waals surface area contributed by atoms with Crippen molar-refractivity contribution in [3.63, 3.8) is 0 Å². The maximum Gasteiger partial charge on any atom is 0.293 e. The van der Waals surface area contributed by atoms with Crippen LogP contribution in [0.15, 0.2) is 47.4 Å². The third-order valence-corrected chi connectivity index (χ3v) is 5.46. The summed E-state index contributed by atoms with van der Waals surface area (Å²) in [6.45, 7) is 3.90. The molecular formula is C22H22FNO4S. The van der Waals surface area contributed by atoms with E-state index in [2.05, 4.69) is 0 Å². The molecule has 2 aromatic carbocycles. The average molecular weight is 415 g/mol. The summed E-state index contributed by atoms with van der Waals surface area (Å²) in [6.07, 6.45) is 2.53. The molecule has 0 aromatic heterocycles. The first-order chi connectivity index (χ1) is 13.9. The first-order valence-electron chi connectivity index (χ1n) is 9.26. The van der Waals surface area contributed by atoms with Crippen molar-refractivity contribution in [3.05, 3.63) is 64.3 Å². The molecule has 0 unspecified atom stereocenters. The van der Waals surface area contributed by atoms with Crippen LogP contribution in [0.5, 0.6) is 11.5 Å². The standard InChI is InChI=1S/C22H22FNO4S/c1-4-14(2)28-18-10-9-15(11-19(18)27-3)12-20-21(25)24(22(26)29-20)13-16-7-5-6-8-17(16)23/h5-12,14H,4,13H2,1-3H3/b20-12+/t14-/m0/s1. The fourth-order valence-electron chi connectivity index (χ4n) is 2.76. The maximum atomic E-state index is 13.9. The number of amides is 2. The molecular weight excluding hydrogens is 393 g/mol. The molecule has 1 saturated heterocycles. The van der Waals surface area contributed by atoms with Crippen molar-refractivity contribution in [1.29, 1.82) is 0 Å². The van der Waals surface area contributed by atoms with E-state index < -0.39 is 17.0 Å². The minimum Gasteiger partial charge on any atom is -0.493 e. The smallest absolute Gasteiger partial charge is 0.293 e. The van der Waals surface area contributed by atoms with Gasteiger partial charge in [-0.15, -0.1) is 0 Å². The Kier molecular flexibility index (Phi) is 6.59. The number of carbonyl (C=O) groups is 2. The highest BCUT2D eigenvalue weighted by molar-refractivity contribution is 8.18. The zero-order chi connectivity index (χ0) is 21.0. The van der Waals surface area contributed by atoms with Crippen LogP contribution in [0.1, 0.15) is 31.4 Å². The predicted molar refractivity (Wildman–Crippen MR) is 111 cm³/mol. The van der Waals surface area contributed by atoms with E-state index in [1.54, 1.807) is 49.6 Å². The Morgan fingerprint density at radius 2 is 1.93 bits per heavy atom. The van der Waals surface area contributed by atoms with Gasteiger partial charge in [-0.2, -0.15) is 0 Å². The van der Waals surface area contributed by atoms with Gasteiger partial charge < -0.3 is 9.47 Å². The van der Waals surface area contributed by atoms with Crippen LogP contribution in [-0.2, 0) is 11.3 Å². The van der Waals surface area contributed by atoms with Crippen molar-refractivity contribution in [2.75, 3.05) is 7.11 Å². The minimum atomic E-state index is -0.447. The van der Waals surface area contributed by atoms with Crippen molar-refractivity contribution in [1.82, 2.24) is 4.90 Å². The molecule has 2 amide bonds. The van der Waals surface area contributed by atoms with Gasteiger partial charge in [-0.25, -0.2) is 4.39 Å². The van der Waals surface area contributed by atoms with Gasteiger partial charge in [0.1, 0.15) is 5.82 Å². The Balaban J connectivity index is 1.81. The number of nitrogens with zero attached hydrogens (tertiary/aromatic N) is 1. The normalized spacial score (nSPS) is 16.4. The molecule has 0 radical (unpaired) electrons. The number of carbonyl (C=O) groups excluding carboxylic acids is 2. The molecule has 3 rings (SSSR count). The number of methoxy groups -OCH3 is 1. The van der Waals surface area contributed by atoms with Gasteiger partial charge in [0, 0.05) is 5.56 Å². The second-order valence-electron chi connectivity index (χ2n) is 6.61. The first-order valence-corrected chi connectivity index (χ1v) is 10.1. The lowest BCUT2D eigenvalue weighted by Gasteiger charge is -2.15. The van der Waals surface area contributed by atoms with Gasteiger partial charge in [0.2, 0.25) is 0 Å². The van der Waals surface area contributed by atoms with Crippen LogP contribution in [0, 0.1) is 5.82 Å². The molecule has 1 aliphatic heterocycles. The fourth-order valence-corrected chi connectivity index (χ4v) is 3.59. The van der Waals surface area contributed by atoms with Crippen LogP contribution in [-0.4, -0.2) is 29.3 Å². The highest BCUT2D eigenvalue weighted by Crippen LogP contribution is 2.35.